The van der Waals surface area contributed by atoms with E-state index in [0.717, 1.165) is 5.56 Å². The molecule has 6 nitrogen and oxygen atoms in total. The first kappa shape index (κ1) is 17.4. The Hall–Kier alpha value is -2.45. The molecule has 0 unspecified atom stereocenters. The molecule has 2 aromatic heterocycles. The van der Waals surface area contributed by atoms with E-state index >= 15 is 0 Å². The smallest absolute Gasteiger partial charge is 0.267 e. The lowest BCUT2D eigenvalue weighted by Gasteiger charge is -2.10. The third-order valence-electron chi connectivity index (χ3n) is 3.68. The van der Waals surface area contributed by atoms with Crippen LogP contribution in [0.2, 0.25) is 0 Å². The van der Waals surface area contributed by atoms with Crippen LogP contribution in [0.3, 0.4) is 0 Å². The Kier molecular flexibility index (Phi) is 4.73. The van der Waals surface area contributed by atoms with Crippen molar-refractivity contribution in [2.24, 2.45) is 0 Å². The summed E-state index contributed by atoms with van der Waals surface area (Å²) in [6.07, 6.45) is 4.95. The van der Waals surface area contributed by atoms with Gasteiger partial charge in [0.25, 0.3) is 11.5 Å². The van der Waals surface area contributed by atoms with Gasteiger partial charge in [0.1, 0.15) is 15.8 Å². The van der Waals surface area contributed by atoms with Gasteiger partial charge >= 0.3 is 0 Å². The number of thiocarbonyl (C=S) groups is 1. The monoisotopic (exact) mass is 372 g/mol. The maximum atomic E-state index is 13.0. The van der Waals surface area contributed by atoms with E-state index in [2.05, 4.69) is 16.9 Å². The number of pyridine rings is 1. The van der Waals surface area contributed by atoms with E-state index in [0.29, 0.717) is 32.8 Å². The summed E-state index contributed by atoms with van der Waals surface area (Å²) in [5, 5.41) is 3.07. The molecule has 128 valence electrons. The first-order chi connectivity index (χ1) is 11.9. The van der Waals surface area contributed by atoms with Crippen LogP contribution >= 0.6 is 24.0 Å². The van der Waals surface area contributed by atoms with Gasteiger partial charge in [-0.25, -0.2) is 4.98 Å². The Balaban J connectivity index is 2.22. The second kappa shape index (κ2) is 6.81. The molecule has 1 fully saturated rings. The number of thioether (sulfide) groups is 1. The van der Waals surface area contributed by atoms with E-state index in [-0.39, 0.29) is 11.5 Å². The maximum Gasteiger partial charge on any atom is 0.267 e. The SMILES string of the molecule is C=CCNc1nc2ccc(C)cn2c(=O)c1C=C1SC(=S)N(C)C1=O. The molecule has 25 heavy (non-hydrogen) atoms. The zero-order valence-electron chi connectivity index (χ0n) is 13.8. The van der Waals surface area contributed by atoms with Gasteiger partial charge in [-0.3, -0.25) is 18.9 Å². The summed E-state index contributed by atoms with van der Waals surface area (Å²) in [4.78, 5) is 31.5. The Morgan fingerprint density at radius 3 is 2.80 bits per heavy atom. The fourth-order valence-electron chi connectivity index (χ4n) is 2.37. The summed E-state index contributed by atoms with van der Waals surface area (Å²) in [7, 11) is 1.62. The number of anilines is 1. The highest BCUT2D eigenvalue weighted by molar-refractivity contribution is 8.26. The molecule has 0 aliphatic carbocycles. The number of aryl methyl sites for hydroxylation is 1. The Morgan fingerprint density at radius 1 is 1.40 bits per heavy atom. The summed E-state index contributed by atoms with van der Waals surface area (Å²) in [5.74, 6) is 0.188. The minimum atomic E-state index is -0.248. The van der Waals surface area contributed by atoms with Crippen molar-refractivity contribution < 1.29 is 4.79 Å². The summed E-state index contributed by atoms with van der Waals surface area (Å²) in [6, 6.07) is 3.67. The molecule has 1 aliphatic rings. The number of carbonyl (C=O) groups excluding carboxylic acids is 1. The predicted molar refractivity (Wildman–Crippen MR) is 106 cm³/mol. The van der Waals surface area contributed by atoms with E-state index in [9.17, 15) is 9.59 Å². The molecule has 0 bridgehead atoms. The Labute approximate surface area is 154 Å². The van der Waals surface area contributed by atoms with Crippen molar-refractivity contribution in [2.75, 3.05) is 18.9 Å². The van der Waals surface area contributed by atoms with Crippen LogP contribution in [0.1, 0.15) is 11.1 Å². The lowest BCUT2D eigenvalue weighted by Crippen LogP contribution is -2.23. The number of likely N-dealkylation sites (N-methyl/N-ethyl adjacent to an activating group) is 1. The Bertz CT molecular complexity index is 994. The number of rotatable bonds is 4. The van der Waals surface area contributed by atoms with Crippen molar-refractivity contribution in [2.45, 2.75) is 6.92 Å². The van der Waals surface area contributed by atoms with Crippen LogP contribution in [-0.4, -0.2) is 38.1 Å². The molecule has 3 heterocycles. The van der Waals surface area contributed by atoms with Crippen LogP contribution < -0.4 is 10.9 Å². The standard InChI is InChI=1S/C17H16N4O2S2/c1-4-7-18-14-11(8-12-16(23)20(3)17(24)25-12)15(22)21-9-10(2)5-6-13(21)19-14/h4-6,8-9,18H,1,7H2,2-3H3. The van der Waals surface area contributed by atoms with Crippen molar-refractivity contribution in [3.63, 3.8) is 0 Å². The molecule has 8 heteroatoms. The second-order valence-corrected chi connectivity index (χ2v) is 7.20. The number of aromatic nitrogens is 2. The van der Waals surface area contributed by atoms with E-state index < -0.39 is 0 Å². The van der Waals surface area contributed by atoms with Gasteiger partial charge in [-0.05, 0) is 24.6 Å². The molecule has 0 saturated carbocycles. The number of hydrogen-bond donors (Lipinski definition) is 1. The predicted octanol–water partition coefficient (Wildman–Crippen LogP) is 2.43. The number of hydrogen-bond acceptors (Lipinski definition) is 6. The van der Waals surface area contributed by atoms with Crippen molar-refractivity contribution in [1.82, 2.24) is 14.3 Å². The summed E-state index contributed by atoms with van der Waals surface area (Å²) in [5.41, 5.74) is 1.54. The molecule has 1 N–H and O–H groups in total. The summed E-state index contributed by atoms with van der Waals surface area (Å²) >= 11 is 6.31. The minimum Gasteiger partial charge on any atom is -0.366 e. The fraction of sp³-hybridized carbons (Fsp3) is 0.176. The number of carbonyl (C=O) groups is 1. The van der Waals surface area contributed by atoms with E-state index in [1.807, 2.05) is 13.0 Å². The van der Waals surface area contributed by atoms with Crippen molar-refractivity contribution in [3.8, 4) is 0 Å². The van der Waals surface area contributed by atoms with Crippen LogP contribution in [0.4, 0.5) is 5.82 Å². The molecule has 0 atom stereocenters. The van der Waals surface area contributed by atoms with Crippen molar-refractivity contribution >= 4 is 51.7 Å². The molecule has 0 radical (unpaired) electrons. The number of nitrogens with one attached hydrogen (secondary N) is 1. The molecule has 0 spiro atoms. The molecule has 3 rings (SSSR count). The Morgan fingerprint density at radius 2 is 2.16 bits per heavy atom. The number of fused-ring (bicyclic) bond motifs is 1. The van der Waals surface area contributed by atoms with Gasteiger partial charge < -0.3 is 5.32 Å². The third-order valence-corrected chi connectivity index (χ3v) is 5.17. The third kappa shape index (κ3) is 3.22. The van der Waals surface area contributed by atoms with Gasteiger partial charge in [-0.1, -0.05) is 36.1 Å². The van der Waals surface area contributed by atoms with Crippen LogP contribution in [0, 0.1) is 6.92 Å². The molecule has 1 amide bonds. The first-order valence-corrected chi connectivity index (χ1v) is 8.74. The van der Waals surface area contributed by atoms with Gasteiger partial charge in [-0.15, -0.1) is 6.58 Å². The molecule has 0 aromatic carbocycles. The lowest BCUT2D eigenvalue weighted by molar-refractivity contribution is -0.121. The van der Waals surface area contributed by atoms with Gasteiger partial charge in [-0.2, -0.15) is 0 Å². The zero-order chi connectivity index (χ0) is 18.1. The average Bonchev–Trinajstić information content (AvgIpc) is 2.83. The van der Waals surface area contributed by atoms with Gasteiger partial charge in [0.2, 0.25) is 0 Å². The van der Waals surface area contributed by atoms with Crippen LogP contribution in [0.15, 0.2) is 40.7 Å². The highest BCUT2D eigenvalue weighted by Crippen LogP contribution is 2.31. The van der Waals surface area contributed by atoms with Crippen molar-refractivity contribution in [1.29, 1.82) is 0 Å². The van der Waals surface area contributed by atoms with Crippen LogP contribution in [0.25, 0.3) is 11.7 Å². The molecule has 2 aromatic rings. The zero-order valence-corrected chi connectivity index (χ0v) is 15.4. The summed E-state index contributed by atoms with van der Waals surface area (Å²) < 4.78 is 1.94. The highest BCUT2D eigenvalue weighted by Gasteiger charge is 2.29. The molecule has 1 aliphatic heterocycles. The van der Waals surface area contributed by atoms with Gasteiger partial charge in [0.05, 0.1) is 10.5 Å². The van der Waals surface area contributed by atoms with Gasteiger partial charge in [0, 0.05) is 19.8 Å². The van der Waals surface area contributed by atoms with Crippen LogP contribution in [-0.2, 0) is 4.79 Å². The topological polar surface area (TPSA) is 66.7 Å². The van der Waals surface area contributed by atoms with E-state index in [1.54, 1.807) is 31.5 Å². The largest absolute Gasteiger partial charge is 0.366 e. The quantitative estimate of drug-likeness (QED) is 0.505. The molecule has 1 saturated heterocycles. The van der Waals surface area contributed by atoms with Crippen molar-refractivity contribution in [3.05, 3.63) is 57.4 Å². The van der Waals surface area contributed by atoms with E-state index in [1.165, 1.54) is 21.1 Å². The average molecular weight is 372 g/mol. The number of amides is 1. The van der Waals surface area contributed by atoms with E-state index in [4.69, 9.17) is 12.2 Å². The summed E-state index contributed by atoms with van der Waals surface area (Å²) in [6.45, 7) is 6.01. The lowest BCUT2D eigenvalue weighted by atomic mass is 10.2. The fourth-order valence-corrected chi connectivity index (χ4v) is 3.53. The first-order valence-electron chi connectivity index (χ1n) is 7.51. The second-order valence-electron chi connectivity index (χ2n) is 5.52. The molecular weight excluding hydrogens is 356 g/mol. The number of nitrogens with zero attached hydrogens (tertiary/aromatic N) is 3. The normalized spacial score (nSPS) is 16.1. The minimum absolute atomic E-state index is 0.224. The van der Waals surface area contributed by atoms with Gasteiger partial charge in [0.15, 0.2) is 0 Å². The highest BCUT2D eigenvalue weighted by atomic mass is 32.2. The maximum absolute atomic E-state index is 13.0. The molecular formula is C17H16N4O2S2. The van der Waals surface area contributed by atoms with Crippen LogP contribution in [0.5, 0.6) is 0 Å².